The Kier molecular flexibility index (Phi) is 5.12. The van der Waals surface area contributed by atoms with Crippen molar-refractivity contribution in [2.75, 3.05) is 13.1 Å². The van der Waals surface area contributed by atoms with Crippen LogP contribution in [0, 0.1) is 13.8 Å². The lowest BCUT2D eigenvalue weighted by Gasteiger charge is -2.16. The molecule has 0 radical (unpaired) electrons. The lowest BCUT2D eigenvalue weighted by atomic mass is 10.0. The molecule has 0 unspecified atom stereocenters. The molecule has 0 aliphatic carbocycles. The third kappa shape index (κ3) is 3.70. The van der Waals surface area contributed by atoms with Crippen LogP contribution in [0.4, 0.5) is 0 Å². The maximum atomic E-state index is 4.23. The van der Waals surface area contributed by atoms with Crippen molar-refractivity contribution >= 4 is 0 Å². The SMILES string of the molecule is C=CC[NH+](CC=C)Cc1cn[nH]c1-c1ccc(C)c(C)c1. The molecule has 0 saturated carbocycles. The van der Waals surface area contributed by atoms with Crippen LogP contribution in [0.3, 0.4) is 0 Å². The summed E-state index contributed by atoms with van der Waals surface area (Å²) in [5.41, 5.74) is 6.16. The second kappa shape index (κ2) is 7.04. The van der Waals surface area contributed by atoms with E-state index in [4.69, 9.17) is 0 Å². The molecule has 21 heavy (non-hydrogen) atoms. The molecule has 2 aromatic rings. The first-order valence-electron chi connectivity index (χ1n) is 7.31. The van der Waals surface area contributed by atoms with Gasteiger partial charge in [-0.25, -0.2) is 0 Å². The van der Waals surface area contributed by atoms with Crippen molar-refractivity contribution in [2.24, 2.45) is 0 Å². The Morgan fingerprint density at radius 3 is 2.48 bits per heavy atom. The van der Waals surface area contributed by atoms with Gasteiger partial charge in [-0.3, -0.25) is 5.10 Å². The summed E-state index contributed by atoms with van der Waals surface area (Å²) in [4.78, 5) is 1.41. The van der Waals surface area contributed by atoms with E-state index in [0.29, 0.717) is 0 Å². The van der Waals surface area contributed by atoms with Crippen LogP contribution in [0.5, 0.6) is 0 Å². The highest BCUT2D eigenvalue weighted by Gasteiger charge is 2.13. The number of nitrogens with zero attached hydrogens (tertiary/aromatic N) is 1. The third-order valence-corrected chi connectivity index (χ3v) is 3.82. The Labute approximate surface area is 127 Å². The molecule has 0 atom stereocenters. The van der Waals surface area contributed by atoms with Crippen molar-refractivity contribution in [1.29, 1.82) is 0 Å². The highest BCUT2D eigenvalue weighted by molar-refractivity contribution is 5.63. The van der Waals surface area contributed by atoms with Gasteiger partial charge in [-0.05, 0) is 43.2 Å². The predicted molar refractivity (Wildman–Crippen MR) is 88.3 cm³/mol. The van der Waals surface area contributed by atoms with Gasteiger partial charge in [-0.15, -0.1) is 0 Å². The number of quaternary nitrogens is 1. The molecule has 1 aromatic heterocycles. The Bertz CT molecular complexity index is 615. The number of rotatable bonds is 7. The number of aryl methyl sites for hydroxylation is 2. The summed E-state index contributed by atoms with van der Waals surface area (Å²) in [5, 5.41) is 7.38. The highest BCUT2D eigenvalue weighted by atomic mass is 15.1. The van der Waals surface area contributed by atoms with Crippen molar-refractivity contribution in [3.63, 3.8) is 0 Å². The van der Waals surface area contributed by atoms with E-state index in [0.717, 1.165) is 25.3 Å². The number of nitrogens with one attached hydrogen (secondary N) is 2. The fourth-order valence-electron chi connectivity index (χ4n) is 2.50. The normalized spacial score (nSPS) is 10.8. The number of hydrogen-bond acceptors (Lipinski definition) is 1. The van der Waals surface area contributed by atoms with Crippen LogP contribution >= 0.6 is 0 Å². The quantitative estimate of drug-likeness (QED) is 0.751. The van der Waals surface area contributed by atoms with Gasteiger partial charge in [0.15, 0.2) is 0 Å². The Balaban J connectivity index is 2.26. The first kappa shape index (κ1) is 15.3. The van der Waals surface area contributed by atoms with Crippen molar-refractivity contribution in [3.05, 3.63) is 66.4 Å². The zero-order valence-corrected chi connectivity index (χ0v) is 12.9. The van der Waals surface area contributed by atoms with E-state index in [9.17, 15) is 0 Å². The first-order chi connectivity index (χ1) is 10.2. The van der Waals surface area contributed by atoms with Gasteiger partial charge in [0.25, 0.3) is 0 Å². The van der Waals surface area contributed by atoms with Crippen LogP contribution in [-0.2, 0) is 6.54 Å². The second-order valence-corrected chi connectivity index (χ2v) is 5.48. The van der Waals surface area contributed by atoms with E-state index in [1.165, 1.54) is 27.2 Å². The van der Waals surface area contributed by atoms with Gasteiger partial charge < -0.3 is 4.90 Å². The molecule has 2 N–H and O–H groups in total. The van der Waals surface area contributed by atoms with Crippen molar-refractivity contribution in [1.82, 2.24) is 10.2 Å². The maximum absolute atomic E-state index is 4.23. The summed E-state index contributed by atoms with van der Waals surface area (Å²) < 4.78 is 0. The minimum atomic E-state index is 0.913. The second-order valence-electron chi connectivity index (χ2n) is 5.48. The van der Waals surface area contributed by atoms with Crippen LogP contribution in [0.25, 0.3) is 11.3 Å². The summed E-state index contributed by atoms with van der Waals surface area (Å²) in [7, 11) is 0. The van der Waals surface area contributed by atoms with Gasteiger partial charge in [0.05, 0.1) is 30.5 Å². The maximum Gasteiger partial charge on any atom is 0.107 e. The number of aromatic amines is 1. The molecular formula is C18H24N3+. The van der Waals surface area contributed by atoms with Gasteiger partial charge in [0.1, 0.15) is 6.54 Å². The summed E-state index contributed by atoms with van der Waals surface area (Å²) in [6.45, 7) is 14.7. The highest BCUT2D eigenvalue weighted by Crippen LogP contribution is 2.23. The molecule has 110 valence electrons. The van der Waals surface area contributed by atoms with Crippen molar-refractivity contribution < 1.29 is 4.90 Å². The summed E-state index contributed by atoms with van der Waals surface area (Å²) in [5.74, 6) is 0. The van der Waals surface area contributed by atoms with Crippen LogP contribution in [0.2, 0.25) is 0 Å². The number of benzene rings is 1. The molecule has 3 heteroatoms. The molecule has 2 rings (SSSR count). The molecule has 0 saturated heterocycles. The van der Waals surface area contributed by atoms with Crippen LogP contribution in [-0.4, -0.2) is 23.3 Å². The average molecular weight is 282 g/mol. The van der Waals surface area contributed by atoms with Gasteiger partial charge in [0.2, 0.25) is 0 Å². The smallest absolute Gasteiger partial charge is 0.107 e. The number of aromatic nitrogens is 2. The van der Waals surface area contributed by atoms with Crippen molar-refractivity contribution in [3.8, 4) is 11.3 Å². The molecule has 1 heterocycles. The molecule has 0 amide bonds. The molecule has 0 aliphatic heterocycles. The van der Waals surface area contributed by atoms with Crippen LogP contribution < -0.4 is 4.90 Å². The lowest BCUT2D eigenvalue weighted by molar-refractivity contribution is -0.902. The minimum Gasteiger partial charge on any atom is -0.325 e. The van der Waals surface area contributed by atoms with E-state index in [1.807, 2.05) is 18.3 Å². The Hall–Kier alpha value is -2.13. The molecular weight excluding hydrogens is 258 g/mol. The standard InChI is InChI=1S/C18H23N3/c1-5-9-21(10-6-2)13-17-12-19-20-18(17)16-8-7-14(3)15(4)11-16/h5-8,11-12H,1-2,9-10,13H2,3-4H3,(H,19,20)/p+1. The minimum absolute atomic E-state index is 0.913. The zero-order valence-electron chi connectivity index (χ0n) is 12.9. The molecule has 0 bridgehead atoms. The number of H-pyrrole nitrogens is 1. The Morgan fingerprint density at radius 2 is 1.86 bits per heavy atom. The third-order valence-electron chi connectivity index (χ3n) is 3.82. The van der Waals surface area contributed by atoms with E-state index in [2.05, 4.69) is 55.4 Å². The largest absolute Gasteiger partial charge is 0.325 e. The van der Waals surface area contributed by atoms with Crippen LogP contribution in [0.15, 0.2) is 49.7 Å². The van der Waals surface area contributed by atoms with Crippen molar-refractivity contribution in [2.45, 2.75) is 20.4 Å². The summed E-state index contributed by atoms with van der Waals surface area (Å²) >= 11 is 0. The van der Waals surface area contributed by atoms with E-state index in [1.54, 1.807) is 0 Å². The molecule has 3 nitrogen and oxygen atoms in total. The van der Waals surface area contributed by atoms with E-state index >= 15 is 0 Å². The lowest BCUT2D eigenvalue weighted by Crippen LogP contribution is -3.10. The fourth-order valence-corrected chi connectivity index (χ4v) is 2.50. The molecule has 0 aliphatic rings. The summed E-state index contributed by atoms with van der Waals surface area (Å²) in [6, 6.07) is 6.53. The van der Waals surface area contributed by atoms with Gasteiger partial charge in [0, 0.05) is 5.56 Å². The zero-order chi connectivity index (χ0) is 15.2. The number of hydrogen-bond donors (Lipinski definition) is 2. The average Bonchev–Trinajstić information content (AvgIpc) is 2.90. The van der Waals surface area contributed by atoms with E-state index in [-0.39, 0.29) is 0 Å². The van der Waals surface area contributed by atoms with Gasteiger partial charge >= 0.3 is 0 Å². The first-order valence-corrected chi connectivity index (χ1v) is 7.31. The monoisotopic (exact) mass is 282 g/mol. The predicted octanol–water partition coefficient (Wildman–Crippen LogP) is 2.45. The van der Waals surface area contributed by atoms with E-state index < -0.39 is 0 Å². The fraction of sp³-hybridized carbons (Fsp3) is 0.278. The van der Waals surface area contributed by atoms with Gasteiger partial charge in [-0.2, -0.15) is 5.10 Å². The van der Waals surface area contributed by atoms with Crippen LogP contribution in [0.1, 0.15) is 16.7 Å². The summed E-state index contributed by atoms with van der Waals surface area (Å²) in [6.07, 6.45) is 5.83. The Morgan fingerprint density at radius 1 is 1.14 bits per heavy atom. The van der Waals surface area contributed by atoms with Gasteiger partial charge in [-0.1, -0.05) is 25.3 Å². The topological polar surface area (TPSA) is 33.1 Å². The molecule has 0 spiro atoms. The molecule has 0 fully saturated rings. The molecule has 1 aromatic carbocycles.